The molecule has 0 bridgehead atoms. The Balaban J connectivity index is 1.56. The topological polar surface area (TPSA) is 49.3 Å². The van der Waals surface area contributed by atoms with Crippen LogP contribution >= 0.6 is 11.8 Å². The van der Waals surface area contributed by atoms with Crippen LogP contribution in [0, 0.1) is 0 Å². The van der Waals surface area contributed by atoms with Crippen LogP contribution in [0.3, 0.4) is 0 Å². The number of fused-ring (bicyclic) bond motifs is 2. The predicted octanol–water partition coefficient (Wildman–Crippen LogP) is 2.65. The molecule has 0 radical (unpaired) electrons. The summed E-state index contributed by atoms with van der Waals surface area (Å²) in [6.45, 7) is 0. The minimum Gasteiger partial charge on any atom is -0.390 e. The number of benzene rings is 2. The van der Waals surface area contributed by atoms with Crippen molar-refractivity contribution in [2.24, 2.45) is 0 Å². The predicted molar refractivity (Wildman–Crippen MR) is 86.9 cm³/mol. The molecule has 112 valence electrons. The number of rotatable bonds is 2. The van der Waals surface area contributed by atoms with Gasteiger partial charge in [0.1, 0.15) is 0 Å². The minimum atomic E-state index is -0.536. The van der Waals surface area contributed by atoms with Crippen molar-refractivity contribution in [2.45, 2.75) is 29.4 Å². The number of aliphatic hydroxyl groups is 1. The lowest BCUT2D eigenvalue weighted by atomic mass is 9.99. The summed E-state index contributed by atoms with van der Waals surface area (Å²) >= 11 is 1.73. The lowest BCUT2D eigenvalue weighted by molar-refractivity contribution is -0.123. The van der Waals surface area contributed by atoms with Gasteiger partial charge in [-0.1, -0.05) is 42.5 Å². The molecule has 1 aliphatic carbocycles. The number of amides is 1. The third-order valence-corrected chi connectivity index (χ3v) is 5.70. The van der Waals surface area contributed by atoms with E-state index in [0.717, 1.165) is 22.4 Å². The van der Waals surface area contributed by atoms with E-state index < -0.39 is 6.10 Å². The second-order valence-corrected chi connectivity index (χ2v) is 6.92. The van der Waals surface area contributed by atoms with Crippen LogP contribution in [0.4, 0.5) is 0 Å². The summed E-state index contributed by atoms with van der Waals surface area (Å²) in [6.07, 6.45) is 0.0718. The third kappa shape index (κ3) is 2.23. The van der Waals surface area contributed by atoms with Gasteiger partial charge >= 0.3 is 0 Å². The van der Waals surface area contributed by atoms with Crippen molar-refractivity contribution < 1.29 is 9.90 Å². The van der Waals surface area contributed by atoms with Gasteiger partial charge in [-0.3, -0.25) is 4.79 Å². The molecule has 3 nitrogen and oxygen atoms in total. The van der Waals surface area contributed by atoms with Gasteiger partial charge in [-0.25, -0.2) is 0 Å². The van der Waals surface area contributed by atoms with Gasteiger partial charge in [0.25, 0.3) is 0 Å². The van der Waals surface area contributed by atoms with E-state index in [1.165, 1.54) is 4.90 Å². The van der Waals surface area contributed by atoms with Crippen molar-refractivity contribution in [1.29, 1.82) is 0 Å². The summed E-state index contributed by atoms with van der Waals surface area (Å²) in [6, 6.07) is 15.7. The molecular weight excluding hydrogens is 294 g/mol. The van der Waals surface area contributed by atoms with Gasteiger partial charge in [-0.05, 0) is 22.8 Å². The average molecular weight is 311 g/mol. The molecule has 4 heteroatoms. The van der Waals surface area contributed by atoms with Crippen molar-refractivity contribution in [3.63, 3.8) is 0 Å². The van der Waals surface area contributed by atoms with Crippen LogP contribution in [-0.2, 0) is 11.2 Å². The van der Waals surface area contributed by atoms with E-state index in [1.54, 1.807) is 11.8 Å². The number of thioether (sulfide) groups is 1. The first-order valence-corrected chi connectivity index (χ1v) is 8.50. The van der Waals surface area contributed by atoms with E-state index in [9.17, 15) is 9.90 Å². The molecular formula is C18H17NO2S. The zero-order chi connectivity index (χ0) is 15.1. The van der Waals surface area contributed by atoms with E-state index in [0.29, 0.717) is 6.42 Å². The second kappa shape index (κ2) is 5.45. The highest BCUT2D eigenvalue weighted by molar-refractivity contribution is 7.99. The fraction of sp³-hybridized carbons (Fsp3) is 0.278. The summed E-state index contributed by atoms with van der Waals surface area (Å²) in [4.78, 5) is 13.9. The largest absolute Gasteiger partial charge is 0.390 e. The Kier molecular flexibility index (Phi) is 3.43. The van der Waals surface area contributed by atoms with Crippen LogP contribution in [0.15, 0.2) is 53.4 Å². The SMILES string of the molecule is O=C(NC1c2ccccc2CC1O)C1CSc2ccccc21. The molecule has 1 amide bonds. The van der Waals surface area contributed by atoms with Crippen LogP contribution in [0.2, 0.25) is 0 Å². The Hall–Kier alpha value is -1.78. The Morgan fingerprint density at radius 3 is 2.68 bits per heavy atom. The summed E-state index contributed by atoms with van der Waals surface area (Å²) < 4.78 is 0. The molecule has 3 unspecified atom stereocenters. The molecule has 2 aliphatic rings. The van der Waals surface area contributed by atoms with Gasteiger partial charge in [0.05, 0.1) is 18.1 Å². The highest BCUT2D eigenvalue weighted by Gasteiger charge is 2.35. The molecule has 0 saturated carbocycles. The van der Waals surface area contributed by atoms with Gasteiger partial charge < -0.3 is 10.4 Å². The molecule has 0 fully saturated rings. The molecule has 0 spiro atoms. The van der Waals surface area contributed by atoms with Crippen molar-refractivity contribution in [2.75, 3.05) is 5.75 Å². The molecule has 3 atom stereocenters. The third-order valence-electron chi connectivity index (χ3n) is 4.52. The van der Waals surface area contributed by atoms with Crippen molar-refractivity contribution in [1.82, 2.24) is 5.32 Å². The smallest absolute Gasteiger partial charge is 0.229 e. The molecule has 4 rings (SSSR count). The van der Waals surface area contributed by atoms with E-state index in [-0.39, 0.29) is 17.9 Å². The van der Waals surface area contributed by atoms with Gasteiger partial charge in [-0.2, -0.15) is 0 Å². The number of hydrogen-bond donors (Lipinski definition) is 2. The highest BCUT2D eigenvalue weighted by Crippen LogP contribution is 2.40. The van der Waals surface area contributed by atoms with Crippen LogP contribution in [-0.4, -0.2) is 22.9 Å². The summed E-state index contributed by atoms with van der Waals surface area (Å²) in [5.74, 6) is 0.662. The van der Waals surface area contributed by atoms with Crippen LogP contribution in [0.1, 0.15) is 28.7 Å². The molecule has 0 aromatic heterocycles. The highest BCUT2D eigenvalue weighted by atomic mass is 32.2. The number of carbonyl (C=O) groups excluding carboxylic acids is 1. The monoisotopic (exact) mass is 311 g/mol. The van der Waals surface area contributed by atoms with Gasteiger partial charge in [0, 0.05) is 17.1 Å². The summed E-state index contributed by atoms with van der Waals surface area (Å²) in [5, 5.41) is 13.3. The molecule has 2 aromatic carbocycles. The maximum atomic E-state index is 12.7. The number of carbonyl (C=O) groups is 1. The quantitative estimate of drug-likeness (QED) is 0.896. The Bertz CT molecular complexity index is 731. The lowest BCUT2D eigenvalue weighted by Gasteiger charge is -2.20. The standard InChI is InChI=1S/C18H17NO2S/c20-15-9-11-5-1-2-6-12(11)17(15)19-18(21)14-10-22-16-8-4-3-7-13(14)16/h1-8,14-15,17,20H,9-10H2,(H,19,21). The Morgan fingerprint density at radius 1 is 1.09 bits per heavy atom. The van der Waals surface area contributed by atoms with E-state index in [1.807, 2.05) is 42.5 Å². The first kappa shape index (κ1) is 13.9. The van der Waals surface area contributed by atoms with Gasteiger partial charge in [0.15, 0.2) is 0 Å². The fourth-order valence-corrected chi connectivity index (χ4v) is 4.61. The first-order valence-electron chi connectivity index (χ1n) is 7.52. The first-order chi connectivity index (χ1) is 10.7. The number of nitrogens with one attached hydrogen (secondary N) is 1. The Labute approximate surface area is 133 Å². The fourth-order valence-electron chi connectivity index (χ4n) is 3.38. The van der Waals surface area contributed by atoms with Crippen molar-refractivity contribution >= 4 is 17.7 Å². The van der Waals surface area contributed by atoms with Gasteiger partial charge in [0.2, 0.25) is 5.91 Å². The zero-order valence-electron chi connectivity index (χ0n) is 12.0. The second-order valence-electron chi connectivity index (χ2n) is 5.86. The minimum absolute atomic E-state index is 0.0122. The van der Waals surface area contributed by atoms with Crippen molar-refractivity contribution in [3.05, 3.63) is 65.2 Å². The molecule has 2 aromatic rings. The summed E-state index contributed by atoms with van der Waals surface area (Å²) in [5.41, 5.74) is 3.27. The maximum Gasteiger partial charge on any atom is 0.229 e. The van der Waals surface area contributed by atoms with Crippen molar-refractivity contribution in [3.8, 4) is 0 Å². The number of aliphatic hydroxyl groups excluding tert-OH is 1. The summed E-state index contributed by atoms with van der Waals surface area (Å²) in [7, 11) is 0. The van der Waals surface area contributed by atoms with Crippen LogP contribution in [0.25, 0.3) is 0 Å². The van der Waals surface area contributed by atoms with E-state index in [4.69, 9.17) is 0 Å². The van der Waals surface area contributed by atoms with Crippen LogP contribution < -0.4 is 5.32 Å². The lowest BCUT2D eigenvalue weighted by Crippen LogP contribution is -2.37. The molecule has 22 heavy (non-hydrogen) atoms. The van der Waals surface area contributed by atoms with Gasteiger partial charge in [-0.15, -0.1) is 11.8 Å². The molecule has 0 saturated heterocycles. The van der Waals surface area contributed by atoms with E-state index in [2.05, 4.69) is 11.4 Å². The zero-order valence-corrected chi connectivity index (χ0v) is 12.8. The molecule has 2 N–H and O–H groups in total. The van der Waals surface area contributed by atoms with Crippen LogP contribution in [0.5, 0.6) is 0 Å². The average Bonchev–Trinajstić information content (AvgIpc) is 3.09. The normalized spacial score (nSPS) is 25.6. The Morgan fingerprint density at radius 2 is 1.82 bits per heavy atom. The maximum absolute atomic E-state index is 12.7. The molecule has 1 heterocycles. The van der Waals surface area contributed by atoms with E-state index >= 15 is 0 Å². The molecule has 1 aliphatic heterocycles. The number of hydrogen-bond acceptors (Lipinski definition) is 3.